The van der Waals surface area contributed by atoms with Crippen molar-refractivity contribution in [2.24, 2.45) is 0 Å². The summed E-state index contributed by atoms with van der Waals surface area (Å²) in [5, 5.41) is 0.727. The van der Waals surface area contributed by atoms with Crippen LogP contribution in [0.25, 0.3) is 0 Å². The summed E-state index contributed by atoms with van der Waals surface area (Å²) in [6.07, 6.45) is 5.86. The number of rotatable bonds is 2. The molecule has 1 amide bonds. The smallest absolute Gasteiger partial charge is 0.267 e. The summed E-state index contributed by atoms with van der Waals surface area (Å²) >= 11 is 1.56. The standard InChI is InChI=1S/C13H17N3O2S/c1-15(9-4-2-3-5-9)11(17)10-8-14-13-16(12(10)18)6-7-19-13/h8-9H,2-7H2,1H3. The molecule has 0 aromatic carbocycles. The van der Waals surface area contributed by atoms with Gasteiger partial charge in [0.25, 0.3) is 11.5 Å². The molecule has 1 aliphatic carbocycles. The Hall–Kier alpha value is -1.30. The van der Waals surface area contributed by atoms with Crippen molar-refractivity contribution >= 4 is 17.7 Å². The summed E-state index contributed by atoms with van der Waals surface area (Å²) in [6.45, 7) is 0.653. The summed E-state index contributed by atoms with van der Waals surface area (Å²) in [6, 6.07) is 0.277. The number of carbonyl (C=O) groups excluding carboxylic acids is 1. The van der Waals surface area contributed by atoms with Crippen molar-refractivity contribution in [2.45, 2.75) is 43.4 Å². The minimum atomic E-state index is -0.190. The molecule has 0 atom stereocenters. The van der Waals surface area contributed by atoms with Crippen LogP contribution in [0.2, 0.25) is 0 Å². The fourth-order valence-corrected chi connectivity index (χ4v) is 3.73. The predicted molar refractivity (Wildman–Crippen MR) is 73.6 cm³/mol. The maximum Gasteiger partial charge on any atom is 0.267 e. The number of amides is 1. The highest BCUT2D eigenvalue weighted by molar-refractivity contribution is 7.99. The fraction of sp³-hybridized carbons (Fsp3) is 0.615. The molecule has 0 spiro atoms. The summed E-state index contributed by atoms with van der Waals surface area (Å²) in [4.78, 5) is 30.7. The third-order valence-corrected chi connectivity index (χ3v) is 4.95. The van der Waals surface area contributed by atoms with E-state index in [-0.39, 0.29) is 23.1 Å². The number of hydrogen-bond donors (Lipinski definition) is 0. The van der Waals surface area contributed by atoms with Gasteiger partial charge in [-0.25, -0.2) is 4.98 Å². The number of thioether (sulfide) groups is 1. The highest BCUT2D eigenvalue weighted by Crippen LogP contribution is 2.24. The van der Waals surface area contributed by atoms with Gasteiger partial charge in [-0.3, -0.25) is 14.2 Å². The van der Waals surface area contributed by atoms with E-state index in [1.54, 1.807) is 28.3 Å². The van der Waals surface area contributed by atoms with Crippen LogP contribution in [-0.2, 0) is 6.54 Å². The van der Waals surface area contributed by atoms with Gasteiger partial charge < -0.3 is 4.90 Å². The van der Waals surface area contributed by atoms with Gasteiger partial charge in [-0.1, -0.05) is 24.6 Å². The first-order valence-electron chi connectivity index (χ1n) is 6.68. The molecular formula is C13H17N3O2S. The van der Waals surface area contributed by atoms with Crippen molar-refractivity contribution in [3.05, 3.63) is 22.1 Å². The molecule has 1 fully saturated rings. The number of nitrogens with zero attached hydrogens (tertiary/aromatic N) is 3. The molecule has 1 aromatic heterocycles. The third-order valence-electron chi connectivity index (χ3n) is 3.98. The Morgan fingerprint density at radius 1 is 1.47 bits per heavy atom. The monoisotopic (exact) mass is 279 g/mol. The van der Waals surface area contributed by atoms with Gasteiger partial charge >= 0.3 is 0 Å². The molecule has 102 valence electrons. The van der Waals surface area contributed by atoms with E-state index in [0.29, 0.717) is 6.54 Å². The highest BCUT2D eigenvalue weighted by atomic mass is 32.2. The minimum Gasteiger partial charge on any atom is -0.339 e. The van der Waals surface area contributed by atoms with Crippen molar-refractivity contribution in [1.29, 1.82) is 0 Å². The molecule has 3 rings (SSSR count). The molecule has 5 nitrogen and oxygen atoms in total. The zero-order valence-electron chi connectivity index (χ0n) is 11.0. The summed E-state index contributed by atoms with van der Waals surface area (Å²) in [5.74, 6) is 0.676. The number of carbonyl (C=O) groups is 1. The van der Waals surface area contributed by atoms with Gasteiger partial charge in [0, 0.05) is 31.6 Å². The maximum absolute atomic E-state index is 12.4. The summed E-state index contributed by atoms with van der Waals surface area (Å²) < 4.78 is 1.61. The number of fused-ring (bicyclic) bond motifs is 1. The van der Waals surface area contributed by atoms with Crippen LogP contribution in [0.5, 0.6) is 0 Å². The van der Waals surface area contributed by atoms with Crippen LogP contribution in [0.1, 0.15) is 36.0 Å². The molecule has 0 N–H and O–H groups in total. The van der Waals surface area contributed by atoms with Crippen LogP contribution >= 0.6 is 11.8 Å². The second-order valence-corrected chi connectivity index (χ2v) is 6.18. The molecule has 2 aliphatic rings. The van der Waals surface area contributed by atoms with E-state index in [1.807, 2.05) is 0 Å². The lowest BCUT2D eigenvalue weighted by molar-refractivity contribution is 0.0731. The zero-order chi connectivity index (χ0) is 13.4. The second kappa shape index (κ2) is 5.00. The van der Waals surface area contributed by atoms with Crippen LogP contribution in [0.4, 0.5) is 0 Å². The Balaban J connectivity index is 1.90. The lowest BCUT2D eigenvalue weighted by atomic mass is 10.2. The Labute approximate surface area is 116 Å². The topological polar surface area (TPSA) is 55.2 Å². The van der Waals surface area contributed by atoms with Gasteiger partial charge in [-0.15, -0.1) is 0 Å². The van der Waals surface area contributed by atoms with Crippen LogP contribution in [0, 0.1) is 0 Å². The molecule has 1 saturated carbocycles. The van der Waals surface area contributed by atoms with E-state index in [0.717, 1.165) is 23.8 Å². The Morgan fingerprint density at radius 3 is 2.95 bits per heavy atom. The average Bonchev–Trinajstić information content (AvgIpc) is 3.08. The van der Waals surface area contributed by atoms with Crippen molar-refractivity contribution < 1.29 is 4.79 Å². The van der Waals surface area contributed by atoms with Crippen LogP contribution in [0.3, 0.4) is 0 Å². The molecule has 19 heavy (non-hydrogen) atoms. The molecule has 1 aliphatic heterocycles. The van der Waals surface area contributed by atoms with Gasteiger partial charge in [0.05, 0.1) is 0 Å². The van der Waals surface area contributed by atoms with Gasteiger partial charge in [-0.2, -0.15) is 0 Å². The first-order chi connectivity index (χ1) is 9.18. The normalized spacial score (nSPS) is 18.6. The number of hydrogen-bond acceptors (Lipinski definition) is 4. The summed E-state index contributed by atoms with van der Waals surface area (Å²) in [5.41, 5.74) is 0.0190. The molecule has 0 unspecified atom stereocenters. The molecule has 0 radical (unpaired) electrons. The van der Waals surface area contributed by atoms with Gasteiger partial charge in [0.1, 0.15) is 5.56 Å². The molecule has 6 heteroatoms. The Bertz CT molecular complexity index is 563. The van der Waals surface area contributed by atoms with Gasteiger partial charge in [0.15, 0.2) is 5.16 Å². The van der Waals surface area contributed by atoms with E-state index in [4.69, 9.17) is 0 Å². The Kier molecular flexibility index (Phi) is 3.35. The lowest BCUT2D eigenvalue weighted by Crippen LogP contribution is -2.39. The molecular weight excluding hydrogens is 262 g/mol. The van der Waals surface area contributed by atoms with E-state index < -0.39 is 0 Å². The van der Waals surface area contributed by atoms with E-state index in [1.165, 1.54) is 19.0 Å². The van der Waals surface area contributed by atoms with Crippen molar-refractivity contribution in [1.82, 2.24) is 14.5 Å². The van der Waals surface area contributed by atoms with Gasteiger partial charge in [0.2, 0.25) is 0 Å². The zero-order valence-corrected chi connectivity index (χ0v) is 11.8. The number of aromatic nitrogens is 2. The van der Waals surface area contributed by atoms with Crippen LogP contribution in [0.15, 0.2) is 16.1 Å². The van der Waals surface area contributed by atoms with Gasteiger partial charge in [-0.05, 0) is 12.8 Å². The van der Waals surface area contributed by atoms with Crippen molar-refractivity contribution in [3.63, 3.8) is 0 Å². The first-order valence-corrected chi connectivity index (χ1v) is 7.67. The average molecular weight is 279 g/mol. The molecule has 2 heterocycles. The maximum atomic E-state index is 12.4. The molecule has 0 bridgehead atoms. The third kappa shape index (κ3) is 2.18. The minimum absolute atomic E-state index is 0.184. The quantitative estimate of drug-likeness (QED) is 0.767. The van der Waals surface area contributed by atoms with Crippen LogP contribution in [-0.4, -0.2) is 39.2 Å². The van der Waals surface area contributed by atoms with E-state index in [2.05, 4.69) is 4.98 Å². The fourth-order valence-electron chi connectivity index (χ4n) is 2.81. The van der Waals surface area contributed by atoms with Crippen LogP contribution < -0.4 is 5.56 Å². The van der Waals surface area contributed by atoms with E-state index >= 15 is 0 Å². The van der Waals surface area contributed by atoms with Crippen molar-refractivity contribution in [3.8, 4) is 0 Å². The molecule has 0 saturated heterocycles. The largest absolute Gasteiger partial charge is 0.339 e. The SMILES string of the molecule is CN(C(=O)c1cnc2n(c1=O)CCS2)C1CCCC1. The van der Waals surface area contributed by atoms with Crippen molar-refractivity contribution in [2.75, 3.05) is 12.8 Å². The first kappa shape index (κ1) is 12.7. The second-order valence-electron chi connectivity index (χ2n) is 5.11. The predicted octanol–water partition coefficient (Wildman–Crippen LogP) is 1.36. The summed E-state index contributed by atoms with van der Waals surface area (Å²) in [7, 11) is 1.80. The lowest BCUT2D eigenvalue weighted by Gasteiger charge is -2.24. The highest BCUT2D eigenvalue weighted by Gasteiger charge is 2.27. The van der Waals surface area contributed by atoms with E-state index in [9.17, 15) is 9.59 Å². The Morgan fingerprint density at radius 2 is 2.21 bits per heavy atom. The molecule has 1 aromatic rings.